The normalized spacial score (nSPS) is 23.3. The van der Waals surface area contributed by atoms with Crippen LogP contribution in [-0.4, -0.2) is 18.1 Å². The third-order valence-corrected chi connectivity index (χ3v) is 9.03. The molecule has 1 saturated heterocycles. The van der Waals surface area contributed by atoms with Gasteiger partial charge in [-0.05, 0) is 89.4 Å². The summed E-state index contributed by atoms with van der Waals surface area (Å²) < 4.78 is 45.2. The van der Waals surface area contributed by atoms with Crippen molar-refractivity contribution in [3.63, 3.8) is 0 Å². The van der Waals surface area contributed by atoms with Crippen molar-refractivity contribution in [2.24, 2.45) is 0 Å². The number of hydrogen-bond donors (Lipinski definition) is 1. The van der Waals surface area contributed by atoms with E-state index in [4.69, 9.17) is 25.4 Å². The zero-order chi connectivity index (χ0) is 26.3. The van der Waals surface area contributed by atoms with E-state index in [9.17, 15) is 14.1 Å². The van der Waals surface area contributed by atoms with Gasteiger partial charge < -0.3 is 14.4 Å². The Hall–Kier alpha value is -2.37. The van der Waals surface area contributed by atoms with Gasteiger partial charge in [0.2, 0.25) is 0 Å². The van der Waals surface area contributed by atoms with E-state index in [1.54, 1.807) is 6.07 Å². The van der Waals surface area contributed by atoms with Crippen molar-refractivity contribution >= 4 is 19.2 Å². The number of fused-ring (bicyclic) bond motifs is 1. The molecule has 1 N–H and O–H groups in total. The molecule has 0 aromatic heterocycles. The fourth-order valence-corrected chi connectivity index (χ4v) is 7.12. The lowest BCUT2D eigenvalue weighted by Crippen LogP contribution is -2.17. The van der Waals surface area contributed by atoms with Crippen LogP contribution in [0.15, 0.2) is 48.5 Å². The predicted octanol–water partition coefficient (Wildman–Crippen LogP) is 8.40. The summed E-state index contributed by atoms with van der Waals surface area (Å²) in [4.78, 5) is 0. The Labute approximate surface area is 222 Å². The molecule has 3 atom stereocenters. The van der Waals surface area contributed by atoms with Crippen LogP contribution in [-0.2, 0) is 20.0 Å². The van der Waals surface area contributed by atoms with Crippen LogP contribution in [0.3, 0.4) is 0 Å². The Morgan fingerprint density at radius 3 is 2.73 bits per heavy atom. The maximum atomic E-state index is 14.5. The van der Waals surface area contributed by atoms with Crippen molar-refractivity contribution in [1.82, 2.24) is 0 Å². The van der Waals surface area contributed by atoms with Crippen LogP contribution in [0, 0.1) is 12.7 Å². The van der Waals surface area contributed by atoms with Crippen LogP contribution in [0.4, 0.5) is 4.39 Å². The van der Waals surface area contributed by atoms with Gasteiger partial charge >= 0.3 is 7.60 Å². The first kappa shape index (κ1) is 26.2. The zero-order valence-corrected chi connectivity index (χ0v) is 22.8. The average Bonchev–Trinajstić information content (AvgIpc) is 3.29. The van der Waals surface area contributed by atoms with Crippen molar-refractivity contribution in [3.8, 4) is 11.5 Å². The third kappa shape index (κ3) is 5.44. The molecule has 0 amide bonds. The van der Waals surface area contributed by atoms with Gasteiger partial charge in [0.25, 0.3) is 0 Å². The number of phenolic OH excluding ortho intramolecular Hbond substituents is 1. The van der Waals surface area contributed by atoms with Gasteiger partial charge in [-0.1, -0.05) is 43.6 Å². The Bertz CT molecular complexity index is 1370. The number of aryl methyl sites for hydroxylation is 2. The van der Waals surface area contributed by atoms with Crippen molar-refractivity contribution in [2.75, 3.05) is 13.0 Å². The first-order valence-electron chi connectivity index (χ1n) is 12.6. The van der Waals surface area contributed by atoms with Gasteiger partial charge in [-0.3, -0.25) is 9.09 Å². The van der Waals surface area contributed by atoms with Crippen molar-refractivity contribution in [3.05, 3.63) is 92.8 Å². The Morgan fingerprint density at radius 1 is 1.16 bits per heavy atom. The summed E-state index contributed by atoms with van der Waals surface area (Å²) in [5.41, 5.74) is 5.66. The fraction of sp³-hybridized carbons (Fsp3) is 0.379. The molecular weight excluding hydrogens is 514 g/mol. The minimum atomic E-state index is -3.47. The van der Waals surface area contributed by atoms with Crippen molar-refractivity contribution < 1.29 is 27.8 Å². The van der Waals surface area contributed by atoms with Gasteiger partial charge in [0.05, 0.1) is 12.7 Å². The average molecular weight is 545 g/mol. The number of benzene rings is 3. The topological polar surface area (TPSA) is 65.0 Å². The minimum Gasteiger partial charge on any atom is -0.505 e. The third-order valence-electron chi connectivity index (χ3n) is 7.20. The Balaban J connectivity index is 1.33. The molecule has 0 bridgehead atoms. The first-order valence-corrected chi connectivity index (χ1v) is 14.7. The first-order chi connectivity index (χ1) is 17.6. The molecule has 8 heteroatoms. The predicted molar refractivity (Wildman–Crippen MR) is 142 cm³/mol. The second-order valence-electron chi connectivity index (χ2n) is 10.2. The highest BCUT2D eigenvalue weighted by Crippen LogP contribution is 2.56. The monoisotopic (exact) mass is 544 g/mol. The van der Waals surface area contributed by atoms with E-state index < -0.39 is 13.4 Å². The molecule has 0 radical (unpaired) electrons. The molecule has 3 aromatic rings. The fourth-order valence-electron chi connectivity index (χ4n) is 5.42. The van der Waals surface area contributed by atoms with Gasteiger partial charge in [0.1, 0.15) is 5.75 Å². The van der Waals surface area contributed by atoms with Crippen LogP contribution < -0.4 is 4.74 Å². The van der Waals surface area contributed by atoms with Crippen molar-refractivity contribution in [1.29, 1.82) is 0 Å². The quantitative estimate of drug-likeness (QED) is 0.316. The second-order valence-corrected chi connectivity index (χ2v) is 12.5. The van der Waals surface area contributed by atoms with Crippen LogP contribution in [0.5, 0.6) is 11.5 Å². The van der Waals surface area contributed by atoms with E-state index in [0.29, 0.717) is 29.4 Å². The summed E-state index contributed by atoms with van der Waals surface area (Å²) in [5.74, 6) is -0.197. The van der Waals surface area contributed by atoms with Gasteiger partial charge in [0.15, 0.2) is 17.9 Å². The van der Waals surface area contributed by atoms with Crippen LogP contribution in [0.25, 0.3) is 0 Å². The Kier molecular flexibility index (Phi) is 7.39. The number of rotatable bonds is 6. The molecule has 196 valence electrons. The van der Waals surface area contributed by atoms with Gasteiger partial charge in [-0.25, -0.2) is 4.39 Å². The van der Waals surface area contributed by atoms with E-state index in [2.05, 4.69) is 0 Å². The Morgan fingerprint density at radius 2 is 1.97 bits per heavy atom. The van der Waals surface area contributed by atoms with E-state index in [0.717, 1.165) is 40.7 Å². The maximum Gasteiger partial charge on any atom is 0.368 e. The summed E-state index contributed by atoms with van der Waals surface area (Å²) in [5, 5.41) is 10.8. The van der Waals surface area contributed by atoms with Gasteiger partial charge in [-0.2, -0.15) is 0 Å². The largest absolute Gasteiger partial charge is 0.505 e. The number of hydrogen-bond acceptors (Lipinski definition) is 5. The minimum absolute atomic E-state index is 0.0117. The highest BCUT2D eigenvalue weighted by molar-refractivity contribution is 7.53. The molecule has 5 nitrogen and oxygen atoms in total. The molecule has 0 spiro atoms. The molecule has 0 saturated carbocycles. The summed E-state index contributed by atoms with van der Waals surface area (Å²) in [7, 11) is -3.47. The lowest BCUT2D eigenvalue weighted by molar-refractivity contribution is 0.0725. The van der Waals surface area contributed by atoms with E-state index in [-0.39, 0.29) is 30.0 Å². The van der Waals surface area contributed by atoms with Crippen LogP contribution in [0.1, 0.15) is 78.0 Å². The molecule has 2 unspecified atom stereocenters. The maximum absolute atomic E-state index is 14.5. The van der Waals surface area contributed by atoms with Gasteiger partial charge in [0, 0.05) is 17.4 Å². The lowest BCUT2D eigenvalue weighted by Gasteiger charge is -2.30. The highest BCUT2D eigenvalue weighted by atomic mass is 35.5. The standard InChI is InChI=1S/C29H31ClFO5P/c1-17(2)25-14-21(15-26(31)29(25)32)24-8-7-20-13-23(11-18(3)28(20)24)34-16-37(33)35-10-9-27(36-37)19-5-4-6-22(30)12-19/h4-6,11-15,17,24,27,32H,7-10,16H2,1-3H3/t24?,27-,37?/m0/s1. The molecule has 3 aromatic carbocycles. The van der Waals surface area contributed by atoms with E-state index in [1.807, 2.05) is 57.2 Å². The van der Waals surface area contributed by atoms with Gasteiger partial charge in [-0.15, -0.1) is 0 Å². The lowest BCUT2D eigenvalue weighted by atomic mass is 9.87. The zero-order valence-electron chi connectivity index (χ0n) is 21.2. The number of halogens is 2. The molecule has 2 aliphatic rings. The number of ether oxygens (including phenoxy) is 1. The molecular formula is C29H31ClFO5P. The van der Waals surface area contributed by atoms with Crippen LogP contribution >= 0.6 is 19.2 Å². The summed E-state index contributed by atoms with van der Waals surface area (Å²) >= 11 is 6.11. The smallest absolute Gasteiger partial charge is 0.368 e. The molecule has 37 heavy (non-hydrogen) atoms. The van der Waals surface area contributed by atoms with E-state index in [1.165, 1.54) is 6.07 Å². The highest BCUT2D eigenvalue weighted by Gasteiger charge is 2.36. The summed E-state index contributed by atoms with van der Waals surface area (Å²) in [6, 6.07) is 14.6. The number of aromatic hydroxyl groups is 1. The molecule has 1 aliphatic heterocycles. The summed E-state index contributed by atoms with van der Waals surface area (Å²) in [6.45, 7) is 6.20. The van der Waals surface area contributed by atoms with Crippen molar-refractivity contribution in [2.45, 2.75) is 58.0 Å². The molecule has 1 heterocycles. The summed E-state index contributed by atoms with van der Waals surface area (Å²) in [6.07, 6.45) is 1.69. The molecule has 1 fully saturated rings. The number of phenols is 1. The SMILES string of the molecule is Cc1cc(OCP2(=O)OCC[C@@H](c3cccc(Cl)c3)O2)cc2c1C(c1cc(F)c(O)c(C(C)C)c1)CC2. The van der Waals surface area contributed by atoms with Crippen LogP contribution in [0.2, 0.25) is 5.02 Å². The second kappa shape index (κ2) is 10.4. The molecule has 1 aliphatic carbocycles. The molecule has 5 rings (SSSR count). The van der Waals surface area contributed by atoms with E-state index >= 15 is 0 Å².